The van der Waals surface area contributed by atoms with E-state index in [1.54, 1.807) is 13.8 Å². The number of carboxylic acids is 1. The fourth-order valence-electron chi connectivity index (χ4n) is 3.37. The predicted molar refractivity (Wildman–Crippen MR) is 130 cm³/mol. The second kappa shape index (κ2) is 17.0. The monoisotopic (exact) mass is 484 g/mol. The van der Waals surface area contributed by atoms with Crippen molar-refractivity contribution in [1.82, 2.24) is 21.3 Å². The number of hydrogen-bond donors (Lipinski definition) is 5. The second-order valence-corrected chi connectivity index (χ2v) is 9.35. The first-order valence-corrected chi connectivity index (χ1v) is 12.2. The van der Waals surface area contributed by atoms with Crippen LogP contribution in [0, 0.1) is 5.92 Å². The molecule has 34 heavy (non-hydrogen) atoms. The van der Waals surface area contributed by atoms with Gasteiger partial charge in [-0.15, -0.1) is 0 Å². The standard InChI is InChI=1S/C24H44N4O6/c1-7-20(29)18(10-8-9-13-25-21(30)11-12-22(31)32)28-23(33)17(6)27-24(34)19(14-15(2)3)26-16(4)5/h15-19,26H,7-14H2,1-6H3,(H,25,30)(H,27,34)(H,28,33)(H,31,32)/t17?,18-,19-/m0/s1. The Hall–Kier alpha value is -2.49. The van der Waals surface area contributed by atoms with Gasteiger partial charge in [0.25, 0.3) is 0 Å². The Kier molecular flexibility index (Phi) is 15.8. The number of nitrogens with one attached hydrogen (secondary N) is 4. The summed E-state index contributed by atoms with van der Waals surface area (Å²) in [5.41, 5.74) is 0. The topological polar surface area (TPSA) is 154 Å². The molecule has 0 fully saturated rings. The van der Waals surface area contributed by atoms with Crippen molar-refractivity contribution < 1.29 is 29.1 Å². The first-order valence-electron chi connectivity index (χ1n) is 12.2. The maximum Gasteiger partial charge on any atom is 0.303 e. The minimum Gasteiger partial charge on any atom is -0.481 e. The van der Waals surface area contributed by atoms with E-state index in [1.165, 1.54) is 0 Å². The number of carboxylic acid groups (broad SMARTS) is 1. The molecule has 1 unspecified atom stereocenters. The largest absolute Gasteiger partial charge is 0.481 e. The van der Waals surface area contributed by atoms with Crippen LogP contribution in [-0.4, -0.2) is 65.3 Å². The molecule has 196 valence electrons. The van der Waals surface area contributed by atoms with E-state index in [1.807, 2.05) is 27.7 Å². The van der Waals surface area contributed by atoms with Gasteiger partial charge in [-0.1, -0.05) is 34.6 Å². The number of unbranched alkanes of at least 4 members (excludes halogenated alkanes) is 1. The Labute approximate surface area is 203 Å². The lowest BCUT2D eigenvalue weighted by Gasteiger charge is -2.25. The summed E-state index contributed by atoms with van der Waals surface area (Å²) >= 11 is 0. The van der Waals surface area contributed by atoms with Crippen molar-refractivity contribution in [2.45, 2.75) is 111 Å². The average molecular weight is 485 g/mol. The SMILES string of the molecule is CCC(=O)[C@H](CCCCNC(=O)CCC(=O)O)NC(=O)C(C)NC(=O)[C@H](CC(C)C)NC(C)C. The number of amides is 3. The number of carbonyl (C=O) groups excluding carboxylic acids is 4. The van der Waals surface area contributed by atoms with Gasteiger partial charge in [0.05, 0.1) is 18.5 Å². The predicted octanol–water partition coefficient (Wildman–Crippen LogP) is 1.52. The number of carbonyl (C=O) groups is 5. The third-order valence-corrected chi connectivity index (χ3v) is 5.17. The highest BCUT2D eigenvalue weighted by molar-refractivity contribution is 5.93. The highest BCUT2D eigenvalue weighted by Gasteiger charge is 2.26. The Morgan fingerprint density at radius 1 is 0.824 bits per heavy atom. The lowest BCUT2D eigenvalue weighted by atomic mass is 10.0. The zero-order valence-corrected chi connectivity index (χ0v) is 21.5. The van der Waals surface area contributed by atoms with Gasteiger partial charge in [0, 0.05) is 25.4 Å². The van der Waals surface area contributed by atoms with Crippen molar-refractivity contribution in [3.05, 3.63) is 0 Å². The Morgan fingerprint density at radius 2 is 1.47 bits per heavy atom. The summed E-state index contributed by atoms with van der Waals surface area (Å²) in [6, 6.07) is -1.75. The second-order valence-electron chi connectivity index (χ2n) is 9.35. The maximum atomic E-state index is 12.7. The molecule has 0 rings (SSSR count). The van der Waals surface area contributed by atoms with Gasteiger partial charge in [-0.05, 0) is 38.5 Å². The maximum absolute atomic E-state index is 12.7. The summed E-state index contributed by atoms with van der Waals surface area (Å²) in [7, 11) is 0. The molecule has 0 aromatic rings. The van der Waals surface area contributed by atoms with Crippen LogP contribution in [0.2, 0.25) is 0 Å². The van der Waals surface area contributed by atoms with E-state index in [9.17, 15) is 24.0 Å². The van der Waals surface area contributed by atoms with E-state index >= 15 is 0 Å². The smallest absolute Gasteiger partial charge is 0.303 e. The van der Waals surface area contributed by atoms with E-state index in [0.717, 1.165) is 0 Å². The quantitative estimate of drug-likeness (QED) is 0.185. The molecule has 0 aromatic carbocycles. The van der Waals surface area contributed by atoms with Crippen molar-refractivity contribution in [2.75, 3.05) is 6.54 Å². The van der Waals surface area contributed by atoms with E-state index in [-0.39, 0.29) is 42.9 Å². The van der Waals surface area contributed by atoms with Crippen LogP contribution in [0.4, 0.5) is 0 Å². The molecular weight excluding hydrogens is 440 g/mol. The molecule has 0 heterocycles. The van der Waals surface area contributed by atoms with Gasteiger partial charge in [0.1, 0.15) is 6.04 Å². The zero-order valence-electron chi connectivity index (χ0n) is 21.5. The van der Waals surface area contributed by atoms with Crippen molar-refractivity contribution in [3.8, 4) is 0 Å². The number of Topliss-reactive ketones (excluding diaryl/α,β-unsaturated/α-hetero) is 1. The van der Waals surface area contributed by atoms with Gasteiger partial charge in [-0.2, -0.15) is 0 Å². The van der Waals surface area contributed by atoms with Crippen molar-refractivity contribution in [1.29, 1.82) is 0 Å². The molecular formula is C24H44N4O6. The number of rotatable bonds is 18. The molecule has 0 aliphatic rings. The molecule has 10 nitrogen and oxygen atoms in total. The van der Waals surface area contributed by atoms with Gasteiger partial charge in [-0.25, -0.2) is 0 Å². The molecule has 0 saturated carbocycles. The Balaban J connectivity index is 4.69. The first kappa shape index (κ1) is 31.5. The van der Waals surface area contributed by atoms with E-state index in [0.29, 0.717) is 38.1 Å². The third-order valence-electron chi connectivity index (χ3n) is 5.17. The molecule has 0 aliphatic heterocycles. The summed E-state index contributed by atoms with van der Waals surface area (Å²) < 4.78 is 0. The summed E-state index contributed by atoms with van der Waals surface area (Å²) in [5.74, 6) is -1.82. The van der Waals surface area contributed by atoms with Crippen LogP contribution in [0.25, 0.3) is 0 Å². The van der Waals surface area contributed by atoms with Crippen LogP contribution in [0.5, 0.6) is 0 Å². The summed E-state index contributed by atoms with van der Waals surface area (Å²) in [6.45, 7) is 11.7. The van der Waals surface area contributed by atoms with Crippen molar-refractivity contribution >= 4 is 29.5 Å². The normalized spacial score (nSPS) is 13.8. The van der Waals surface area contributed by atoms with E-state index < -0.39 is 30.0 Å². The average Bonchev–Trinajstić information content (AvgIpc) is 2.74. The summed E-state index contributed by atoms with van der Waals surface area (Å²) in [5, 5.41) is 20.0. The summed E-state index contributed by atoms with van der Waals surface area (Å²) in [6.07, 6.45) is 2.21. The lowest BCUT2D eigenvalue weighted by molar-refractivity contribution is -0.138. The van der Waals surface area contributed by atoms with E-state index in [2.05, 4.69) is 21.3 Å². The van der Waals surface area contributed by atoms with Crippen molar-refractivity contribution in [2.24, 2.45) is 5.92 Å². The fraction of sp³-hybridized carbons (Fsp3) is 0.792. The third kappa shape index (κ3) is 14.6. The molecule has 10 heteroatoms. The van der Waals surface area contributed by atoms with E-state index in [4.69, 9.17) is 5.11 Å². The number of aliphatic carboxylic acids is 1. The molecule has 3 amide bonds. The van der Waals surface area contributed by atoms with Crippen LogP contribution in [0.1, 0.15) is 86.5 Å². The van der Waals surface area contributed by atoms with Gasteiger partial charge < -0.3 is 26.4 Å². The number of ketones is 1. The van der Waals surface area contributed by atoms with Crippen LogP contribution in [0.15, 0.2) is 0 Å². The molecule has 5 N–H and O–H groups in total. The Bertz CT molecular complexity index is 670. The molecule has 3 atom stereocenters. The minimum absolute atomic E-state index is 0.0728. The molecule has 0 radical (unpaired) electrons. The van der Waals surface area contributed by atoms with Crippen molar-refractivity contribution in [3.63, 3.8) is 0 Å². The number of hydrogen-bond acceptors (Lipinski definition) is 6. The molecule has 0 aliphatic carbocycles. The zero-order chi connectivity index (χ0) is 26.3. The van der Waals surface area contributed by atoms with Crippen LogP contribution in [-0.2, 0) is 24.0 Å². The minimum atomic E-state index is -1.02. The summed E-state index contributed by atoms with van der Waals surface area (Å²) in [4.78, 5) is 59.7. The van der Waals surface area contributed by atoms with Crippen LogP contribution < -0.4 is 21.3 Å². The molecule has 0 saturated heterocycles. The van der Waals surface area contributed by atoms with Gasteiger partial charge >= 0.3 is 5.97 Å². The Morgan fingerprint density at radius 3 is 2.00 bits per heavy atom. The van der Waals surface area contributed by atoms with Gasteiger partial charge in [0.2, 0.25) is 17.7 Å². The first-order chi connectivity index (χ1) is 15.9. The van der Waals surface area contributed by atoms with Crippen LogP contribution in [0.3, 0.4) is 0 Å². The molecule has 0 bridgehead atoms. The molecule has 0 aromatic heterocycles. The lowest BCUT2D eigenvalue weighted by Crippen LogP contribution is -2.55. The van der Waals surface area contributed by atoms with Crippen LogP contribution >= 0.6 is 0 Å². The fourth-order valence-corrected chi connectivity index (χ4v) is 3.37. The van der Waals surface area contributed by atoms with Gasteiger partial charge in [0.15, 0.2) is 5.78 Å². The highest BCUT2D eigenvalue weighted by Crippen LogP contribution is 2.08. The molecule has 0 spiro atoms. The van der Waals surface area contributed by atoms with Gasteiger partial charge in [-0.3, -0.25) is 24.0 Å². The highest BCUT2D eigenvalue weighted by atomic mass is 16.4.